The van der Waals surface area contributed by atoms with Crippen LogP contribution in [0, 0.1) is 35.5 Å². The van der Waals surface area contributed by atoms with Gasteiger partial charge >= 0.3 is 0 Å². The quantitative estimate of drug-likeness (QED) is 0.668. The van der Waals surface area contributed by atoms with Crippen LogP contribution in [-0.4, -0.2) is 29.8 Å². The molecule has 2 saturated carbocycles. The van der Waals surface area contributed by atoms with Crippen LogP contribution in [0.3, 0.4) is 0 Å². The summed E-state index contributed by atoms with van der Waals surface area (Å²) in [6.07, 6.45) is 5.34. The number of hydrogen-bond donors (Lipinski definition) is 1. The Hall–Kier alpha value is -2.63. The van der Waals surface area contributed by atoms with Crippen LogP contribution in [0.15, 0.2) is 36.4 Å². The molecule has 6 rings (SSSR count). The highest BCUT2D eigenvalue weighted by molar-refractivity contribution is 6.08. The molecule has 0 radical (unpaired) electrons. The van der Waals surface area contributed by atoms with E-state index in [2.05, 4.69) is 17.6 Å². The fourth-order valence-corrected chi connectivity index (χ4v) is 4.98. The van der Waals surface area contributed by atoms with Gasteiger partial charge in [-0.05, 0) is 54.4 Å². The largest absolute Gasteiger partial charge is 0.497 e. The number of ether oxygens (including phenoxy) is 1. The molecule has 0 aromatic heterocycles. The molecule has 0 unspecified atom stereocenters. The van der Waals surface area contributed by atoms with Crippen LogP contribution in [0.25, 0.3) is 0 Å². The lowest BCUT2D eigenvalue weighted by molar-refractivity contribution is -0.143. The van der Waals surface area contributed by atoms with Gasteiger partial charge in [0.1, 0.15) is 5.75 Å². The van der Waals surface area contributed by atoms with Crippen molar-refractivity contribution >= 4 is 17.7 Å². The molecule has 3 amide bonds. The van der Waals surface area contributed by atoms with Crippen molar-refractivity contribution in [3.05, 3.63) is 42.0 Å². The molecule has 6 nitrogen and oxygen atoms in total. The van der Waals surface area contributed by atoms with Gasteiger partial charge in [-0.1, -0.05) is 12.2 Å². The molecule has 1 aliphatic heterocycles. The summed E-state index contributed by atoms with van der Waals surface area (Å²) in [7, 11) is 1.55. The summed E-state index contributed by atoms with van der Waals surface area (Å²) in [5.41, 5.74) is 2.89. The minimum atomic E-state index is -0.464. The van der Waals surface area contributed by atoms with E-state index in [1.165, 1.54) is 0 Å². The summed E-state index contributed by atoms with van der Waals surface area (Å²) in [5, 5.41) is 0.958. The zero-order chi connectivity index (χ0) is 17.3. The lowest BCUT2D eigenvalue weighted by Crippen LogP contribution is -2.46. The standard InChI is InChI=1S/C19H18N2O4/c1-25-10-4-2-9(3-5-10)17(22)20-21-18(23)15-11-6-7-12(14-8-13(11)14)16(15)19(21)24/h2-7,11-16H,8H2,1H3,(H,20,22)/t11-,12+,13-,14-,15+,16+/m1/s1. The van der Waals surface area contributed by atoms with E-state index >= 15 is 0 Å². The molecular formula is C19H18N2O4. The highest BCUT2D eigenvalue weighted by Crippen LogP contribution is 2.65. The van der Waals surface area contributed by atoms with Gasteiger partial charge in [-0.2, -0.15) is 5.01 Å². The topological polar surface area (TPSA) is 75.7 Å². The number of amides is 3. The van der Waals surface area contributed by atoms with Crippen LogP contribution >= 0.6 is 0 Å². The number of rotatable bonds is 3. The van der Waals surface area contributed by atoms with E-state index in [1.54, 1.807) is 31.4 Å². The Bertz CT molecular complexity index is 779. The third kappa shape index (κ3) is 1.94. The first-order chi connectivity index (χ1) is 12.1. The molecule has 0 spiro atoms. The lowest BCUT2D eigenvalue weighted by atomic mass is 9.63. The van der Waals surface area contributed by atoms with Gasteiger partial charge in [0.15, 0.2) is 0 Å². The van der Waals surface area contributed by atoms with Crippen molar-refractivity contribution in [2.24, 2.45) is 35.5 Å². The first kappa shape index (κ1) is 14.7. The van der Waals surface area contributed by atoms with Crippen molar-refractivity contribution in [1.82, 2.24) is 10.4 Å². The van der Waals surface area contributed by atoms with Crippen molar-refractivity contribution in [2.45, 2.75) is 6.42 Å². The van der Waals surface area contributed by atoms with Crippen molar-refractivity contribution < 1.29 is 19.1 Å². The number of allylic oxidation sites excluding steroid dienone is 2. The van der Waals surface area contributed by atoms with Crippen LogP contribution in [-0.2, 0) is 9.59 Å². The fourth-order valence-electron chi connectivity index (χ4n) is 4.98. The van der Waals surface area contributed by atoms with Crippen LogP contribution in [0.2, 0.25) is 0 Å². The van der Waals surface area contributed by atoms with Gasteiger partial charge in [-0.3, -0.25) is 19.8 Å². The second-order valence-electron chi connectivity index (χ2n) is 7.34. The highest BCUT2D eigenvalue weighted by atomic mass is 16.5. The molecular weight excluding hydrogens is 320 g/mol. The molecule has 1 heterocycles. The third-order valence-corrected chi connectivity index (χ3v) is 6.23. The average Bonchev–Trinajstić information content (AvgIpc) is 3.43. The van der Waals surface area contributed by atoms with E-state index in [1.807, 2.05) is 0 Å². The number of carbonyl (C=O) groups is 3. The van der Waals surface area contributed by atoms with Gasteiger partial charge in [-0.15, -0.1) is 0 Å². The van der Waals surface area contributed by atoms with Gasteiger partial charge in [0.2, 0.25) is 0 Å². The average molecular weight is 338 g/mol. The summed E-state index contributed by atoms with van der Waals surface area (Å²) >= 11 is 0. The molecule has 2 bridgehead atoms. The second-order valence-corrected chi connectivity index (χ2v) is 7.34. The smallest absolute Gasteiger partial charge is 0.270 e. The highest BCUT2D eigenvalue weighted by Gasteiger charge is 2.67. The van der Waals surface area contributed by atoms with Gasteiger partial charge < -0.3 is 4.74 Å². The van der Waals surface area contributed by atoms with E-state index in [0.29, 0.717) is 23.1 Å². The summed E-state index contributed by atoms with van der Waals surface area (Å²) in [5.74, 6) is 0.438. The normalized spacial score (nSPS) is 36.9. The maximum absolute atomic E-state index is 12.8. The predicted molar refractivity (Wildman–Crippen MR) is 87.0 cm³/mol. The zero-order valence-corrected chi connectivity index (χ0v) is 13.7. The molecule has 128 valence electrons. The van der Waals surface area contributed by atoms with E-state index in [-0.39, 0.29) is 35.5 Å². The summed E-state index contributed by atoms with van der Waals surface area (Å²) in [6, 6.07) is 6.54. The Morgan fingerprint density at radius 2 is 1.60 bits per heavy atom. The van der Waals surface area contributed by atoms with E-state index in [4.69, 9.17) is 4.74 Å². The maximum Gasteiger partial charge on any atom is 0.270 e. The molecule has 6 heteroatoms. The lowest BCUT2D eigenvalue weighted by Gasteiger charge is -2.37. The minimum Gasteiger partial charge on any atom is -0.497 e. The molecule has 3 fully saturated rings. The van der Waals surface area contributed by atoms with E-state index in [0.717, 1.165) is 11.4 Å². The van der Waals surface area contributed by atoms with Crippen molar-refractivity contribution in [1.29, 1.82) is 0 Å². The van der Waals surface area contributed by atoms with Crippen LogP contribution in [0.5, 0.6) is 5.75 Å². The van der Waals surface area contributed by atoms with Crippen molar-refractivity contribution in [3.63, 3.8) is 0 Å². The number of imide groups is 1. The number of nitrogens with one attached hydrogen (secondary N) is 1. The molecule has 6 atom stereocenters. The SMILES string of the molecule is COc1ccc(C(=O)NN2C(=O)[C@H]3[C@@H]4C=C[C@@H]([C@H]5C[C@H]45)[C@@H]3C2=O)cc1. The Labute approximate surface area is 144 Å². The molecule has 5 aliphatic rings. The summed E-state index contributed by atoms with van der Waals surface area (Å²) < 4.78 is 5.07. The monoisotopic (exact) mass is 338 g/mol. The number of carbonyl (C=O) groups excluding carboxylic acids is 3. The third-order valence-electron chi connectivity index (χ3n) is 6.23. The Morgan fingerprint density at radius 3 is 2.12 bits per heavy atom. The van der Waals surface area contributed by atoms with E-state index in [9.17, 15) is 14.4 Å². The van der Waals surface area contributed by atoms with Crippen molar-refractivity contribution in [3.8, 4) is 5.75 Å². The summed E-state index contributed by atoms with van der Waals surface area (Å²) in [4.78, 5) is 38.1. The fraction of sp³-hybridized carbons (Fsp3) is 0.421. The molecule has 25 heavy (non-hydrogen) atoms. The Kier molecular flexibility index (Phi) is 2.90. The number of hydrazine groups is 1. The first-order valence-corrected chi connectivity index (χ1v) is 8.61. The zero-order valence-electron chi connectivity index (χ0n) is 13.7. The van der Waals surface area contributed by atoms with Crippen LogP contribution in [0.4, 0.5) is 0 Å². The first-order valence-electron chi connectivity index (χ1n) is 8.61. The van der Waals surface area contributed by atoms with Gasteiger partial charge in [0.25, 0.3) is 17.7 Å². The summed E-state index contributed by atoms with van der Waals surface area (Å²) in [6.45, 7) is 0. The van der Waals surface area contributed by atoms with Crippen molar-refractivity contribution in [2.75, 3.05) is 7.11 Å². The van der Waals surface area contributed by atoms with Gasteiger partial charge in [0, 0.05) is 5.56 Å². The maximum atomic E-state index is 12.8. The van der Waals surface area contributed by atoms with Crippen LogP contribution in [0.1, 0.15) is 16.8 Å². The van der Waals surface area contributed by atoms with Crippen LogP contribution < -0.4 is 10.2 Å². The minimum absolute atomic E-state index is 0.152. The number of benzene rings is 1. The van der Waals surface area contributed by atoms with Gasteiger partial charge in [-0.25, -0.2) is 0 Å². The molecule has 1 aromatic carbocycles. The number of nitrogens with zero attached hydrogens (tertiary/aromatic N) is 1. The molecule has 4 aliphatic carbocycles. The Balaban J connectivity index is 1.37. The van der Waals surface area contributed by atoms with E-state index < -0.39 is 5.91 Å². The Morgan fingerprint density at radius 1 is 1.04 bits per heavy atom. The number of methoxy groups -OCH3 is 1. The molecule has 1 N–H and O–H groups in total. The molecule has 1 aromatic rings. The number of hydrogen-bond acceptors (Lipinski definition) is 4. The second kappa shape index (κ2) is 4.94. The van der Waals surface area contributed by atoms with Gasteiger partial charge in [0.05, 0.1) is 18.9 Å². The predicted octanol–water partition coefficient (Wildman–Crippen LogP) is 1.39. The molecule has 1 saturated heterocycles.